The molecule has 1 fully saturated rings. The highest BCUT2D eigenvalue weighted by molar-refractivity contribution is 7.89. The van der Waals surface area contributed by atoms with Gasteiger partial charge in [0, 0.05) is 43.3 Å². The molecule has 30 heavy (non-hydrogen) atoms. The van der Waals surface area contributed by atoms with Gasteiger partial charge in [0.05, 0.1) is 11.2 Å². The topological polar surface area (TPSA) is 84.3 Å². The number of amides is 1. The van der Waals surface area contributed by atoms with Crippen molar-refractivity contribution in [3.05, 3.63) is 77.9 Å². The van der Waals surface area contributed by atoms with Gasteiger partial charge < -0.3 is 9.88 Å². The molecule has 1 aliphatic heterocycles. The minimum atomic E-state index is -3.56. The predicted octanol–water partition coefficient (Wildman–Crippen LogP) is 2.90. The van der Waals surface area contributed by atoms with Crippen LogP contribution in [0.2, 0.25) is 0 Å². The Bertz CT molecular complexity index is 1130. The van der Waals surface area contributed by atoms with Crippen molar-refractivity contribution in [1.29, 1.82) is 0 Å². The minimum absolute atomic E-state index is 0.171. The second kappa shape index (κ2) is 8.41. The summed E-state index contributed by atoms with van der Waals surface area (Å²) in [5.74, 6) is -0.287. The molecule has 1 amide bonds. The van der Waals surface area contributed by atoms with Gasteiger partial charge in [0.2, 0.25) is 10.0 Å². The van der Waals surface area contributed by atoms with E-state index >= 15 is 0 Å². The van der Waals surface area contributed by atoms with E-state index in [1.165, 1.54) is 10.4 Å². The molecule has 0 saturated carbocycles. The zero-order chi connectivity index (χ0) is 21.1. The van der Waals surface area contributed by atoms with Crippen molar-refractivity contribution in [2.75, 3.05) is 13.1 Å². The van der Waals surface area contributed by atoms with Crippen LogP contribution < -0.4 is 5.32 Å². The molecule has 156 valence electrons. The molecule has 2 aromatic carbocycles. The SMILES string of the molecule is Cc1ccc(S(=O)(=O)N2CCCC2)cc1C(=O)NCc1ccc(-n2ccnc2)cc1. The highest BCUT2D eigenvalue weighted by atomic mass is 32.2. The fraction of sp³-hybridized carbons (Fsp3) is 0.273. The van der Waals surface area contributed by atoms with Crippen molar-refractivity contribution in [1.82, 2.24) is 19.2 Å². The lowest BCUT2D eigenvalue weighted by Gasteiger charge is -2.17. The van der Waals surface area contributed by atoms with E-state index < -0.39 is 10.0 Å². The first kappa shape index (κ1) is 20.3. The molecule has 0 spiro atoms. The molecular weight excluding hydrogens is 400 g/mol. The Labute approximate surface area is 176 Å². The molecule has 0 atom stereocenters. The number of rotatable bonds is 6. The van der Waals surface area contributed by atoms with E-state index in [1.807, 2.05) is 35.0 Å². The van der Waals surface area contributed by atoms with E-state index in [2.05, 4.69) is 10.3 Å². The molecule has 0 aliphatic carbocycles. The number of carbonyl (C=O) groups excluding carboxylic acids is 1. The number of nitrogens with zero attached hydrogens (tertiary/aromatic N) is 3. The van der Waals surface area contributed by atoms with Crippen LogP contribution in [0, 0.1) is 6.92 Å². The summed E-state index contributed by atoms with van der Waals surface area (Å²) in [6.07, 6.45) is 7.05. The van der Waals surface area contributed by atoms with Gasteiger partial charge >= 0.3 is 0 Å². The van der Waals surface area contributed by atoms with Crippen molar-refractivity contribution in [3.63, 3.8) is 0 Å². The second-order valence-corrected chi connectivity index (χ2v) is 9.34. The van der Waals surface area contributed by atoms with Crippen molar-refractivity contribution in [2.45, 2.75) is 31.2 Å². The van der Waals surface area contributed by atoms with Gasteiger partial charge in [0.1, 0.15) is 0 Å². The van der Waals surface area contributed by atoms with Gasteiger partial charge in [-0.15, -0.1) is 0 Å². The van der Waals surface area contributed by atoms with Gasteiger partial charge in [-0.1, -0.05) is 18.2 Å². The smallest absolute Gasteiger partial charge is 0.251 e. The Morgan fingerprint density at radius 3 is 2.50 bits per heavy atom. The van der Waals surface area contributed by atoms with Crippen LogP contribution in [-0.2, 0) is 16.6 Å². The van der Waals surface area contributed by atoms with Crippen LogP contribution >= 0.6 is 0 Å². The molecule has 1 saturated heterocycles. The van der Waals surface area contributed by atoms with Crippen molar-refractivity contribution < 1.29 is 13.2 Å². The first-order valence-corrected chi connectivity index (χ1v) is 11.4. The van der Waals surface area contributed by atoms with E-state index in [9.17, 15) is 13.2 Å². The van der Waals surface area contributed by atoms with E-state index in [0.29, 0.717) is 25.2 Å². The summed E-state index contributed by atoms with van der Waals surface area (Å²) in [4.78, 5) is 17.0. The minimum Gasteiger partial charge on any atom is -0.348 e. The van der Waals surface area contributed by atoms with Crippen molar-refractivity contribution in [2.24, 2.45) is 0 Å². The molecule has 1 aliphatic rings. The van der Waals surface area contributed by atoms with Crippen LogP contribution in [0.4, 0.5) is 0 Å². The molecule has 1 aromatic heterocycles. The lowest BCUT2D eigenvalue weighted by Crippen LogP contribution is -2.29. The first-order chi connectivity index (χ1) is 14.4. The van der Waals surface area contributed by atoms with Crippen LogP contribution in [0.1, 0.15) is 34.3 Å². The average Bonchev–Trinajstić information content (AvgIpc) is 3.47. The molecule has 8 heteroatoms. The number of hydrogen-bond donors (Lipinski definition) is 1. The summed E-state index contributed by atoms with van der Waals surface area (Å²) in [5.41, 5.74) is 3.05. The molecular formula is C22H24N4O3S. The number of benzene rings is 2. The number of nitrogens with one attached hydrogen (secondary N) is 1. The van der Waals surface area contributed by atoms with Gasteiger partial charge in [0.15, 0.2) is 0 Å². The van der Waals surface area contributed by atoms with Gasteiger partial charge in [-0.05, 0) is 55.2 Å². The maximum absolute atomic E-state index is 12.8. The third kappa shape index (κ3) is 4.15. The van der Waals surface area contributed by atoms with Gasteiger partial charge in [0.25, 0.3) is 5.91 Å². The Balaban J connectivity index is 1.47. The summed E-state index contributed by atoms with van der Waals surface area (Å²) in [6.45, 7) is 3.23. The number of carbonyl (C=O) groups is 1. The molecule has 1 N–H and O–H groups in total. The number of sulfonamides is 1. The summed E-state index contributed by atoms with van der Waals surface area (Å²) in [6, 6.07) is 12.6. The summed E-state index contributed by atoms with van der Waals surface area (Å²) >= 11 is 0. The summed E-state index contributed by atoms with van der Waals surface area (Å²) < 4.78 is 29.0. The lowest BCUT2D eigenvalue weighted by atomic mass is 10.1. The van der Waals surface area contributed by atoms with Crippen molar-refractivity contribution >= 4 is 15.9 Å². The Hall–Kier alpha value is -2.97. The quantitative estimate of drug-likeness (QED) is 0.659. The Morgan fingerprint density at radius 2 is 1.83 bits per heavy atom. The highest BCUT2D eigenvalue weighted by Crippen LogP contribution is 2.23. The summed E-state index contributed by atoms with van der Waals surface area (Å²) in [7, 11) is -3.56. The van der Waals surface area contributed by atoms with Crippen LogP contribution in [0.3, 0.4) is 0 Å². The number of aryl methyl sites for hydroxylation is 1. The zero-order valence-corrected chi connectivity index (χ0v) is 17.6. The summed E-state index contributed by atoms with van der Waals surface area (Å²) in [5, 5.41) is 2.89. The monoisotopic (exact) mass is 424 g/mol. The van der Waals surface area contributed by atoms with E-state index in [0.717, 1.165) is 29.7 Å². The third-order valence-electron chi connectivity index (χ3n) is 5.35. The normalized spacial score (nSPS) is 14.7. The average molecular weight is 425 g/mol. The van der Waals surface area contributed by atoms with E-state index in [1.54, 1.807) is 31.6 Å². The zero-order valence-electron chi connectivity index (χ0n) is 16.8. The van der Waals surface area contributed by atoms with Crippen LogP contribution in [0.25, 0.3) is 5.69 Å². The van der Waals surface area contributed by atoms with Crippen molar-refractivity contribution in [3.8, 4) is 5.69 Å². The fourth-order valence-electron chi connectivity index (χ4n) is 3.56. The number of hydrogen-bond acceptors (Lipinski definition) is 4. The Morgan fingerprint density at radius 1 is 1.10 bits per heavy atom. The lowest BCUT2D eigenvalue weighted by molar-refractivity contribution is 0.0950. The largest absolute Gasteiger partial charge is 0.348 e. The molecule has 7 nitrogen and oxygen atoms in total. The third-order valence-corrected chi connectivity index (χ3v) is 7.24. The molecule has 0 radical (unpaired) electrons. The number of aromatic nitrogens is 2. The molecule has 3 aromatic rings. The maximum atomic E-state index is 12.8. The molecule has 0 bridgehead atoms. The van der Waals surface area contributed by atoms with Gasteiger partial charge in [-0.25, -0.2) is 13.4 Å². The molecule has 4 rings (SSSR count). The van der Waals surface area contributed by atoms with Gasteiger partial charge in [-0.2, -0.15) is 4.31 Å². The van der Waals surface area contributed by atoms with E-state index in [-0.39, 0.29) is 10.8 Å². The second-order valence-electron chi connectivity index (χ2n) is 7.41. The molecule has 0 unspecified atom stereocenters. The number of imidazole rings is 1. The highest BCUT2D eigenvalue weighted by Gasteiger charge is 2.28. The van der Waals surface area contributed by atoms with Crippen LogP contribution in [0.5, 0.6) is 0 Å². The fourth-order valence-corrected chi connectivity index (χ4v) is 5.10. The van der Waals surface area contributed by atoms with E-state index in [4.69, 9.17) is 0 Å². The molecule has 2 heterocycles. The maximum Gasteiger partial charge on any atom is 0.251 e. The predicted molar refractivity (Wildman–Crippen MR) is 114 cm³/mol. The van der Waals surface area contributed by atoms with Crippen LogP contribution in [-0.4, -0.2) is 41.3 Å². The van der Waals surface area contributed by atoms with Gasteiger partial charge in [-0.3, -0.25) is 4.79 Å². The standard InChI is InChI=1S/C22H24N4O3S/c1-17-4-9-20(30(28,29)26-11-2-3-12-26)14-21(17)22(27)24-15-18-5-7-19(8-6-18)25-13-10-23-16-25/h4-10,13-14,16H,2-3,11-12,15H2,1H3,(H,24,27). The first-order valence-electron chi connectivity index (χ1n) is 9.91. The van der Waals surface area contributed by atoms with Crippen LogP contribution in [0.15, 0.2) is 66.1 Å². The Kier molecular flexibility index (Phi) is 5.69.